The zero-order valence-corrected chi connectivity index (χ0v) is 15.1. The van der Waals surface area contributed by atoms with Gasteiger partial charge in [0, 0.05) is 31.3 Å². The molecule has 0 aliphatic heterocycles. The van der Waals surface area contributed by atoms with Gasteiger partial charge in [0.15, 0.2) is 0 Å². The summed E-state index contributed by atoms with van der Waals surface area (Å²) < 4.78 is 0. The normalized spacial score (nSPS) is 20.3. The Morgan fingerprint density at radius 1 is 1.33 bits per heavy atom. The molecular formula is C19H24N2O2S. The molecule has 2 aromatic rings. The van der Waals surface area contributed by atoms with Crippen molar-refractivity contribution < 1.29 is 9.90 Å². The van der Waals surface area contributed by atoms with Crippen LogP contribution < -0.4 is 0 Å². The monoisotopic (exact) mass is 344 g/mol. The van der Waals surface area contributed by atoms with Crippen molar-refractivity contribution in [2.75, 3.05) is 13.6 Å². The summed E-state index contributed by atoms with van der Waals surface area (Å²) in [6.07, 6.45) is 3.38. The van der Waals surface area contributed by atoms with Crippen LogP contribution in [0.4, 0.5) is 0 Å². The van der Waals surface area contributed by atoms with Crippen LogP contribution in [0, 0.1) is 12.8 Å². The fraction of sp³-hybridized carbons (Fsp3) is 0.474. The van der Waals surface area contributed by atoms with Crippen molar-refractivity contribution in [3.05, 3.63) is 51.5 Å². The molecule has 4 nitrogen and oxygen atoms in total. The minimum absolute atomic E-state index is 0.0551. The largest absolute Gasteiger partial charge is 0.393 e. The number of carbonyl (C=O) groups is 1. The molecule has 1 N–H and O–H groups in total. The summed E-state index contributed by atoms with van der Waals surface area (Å²) in [5.41, 5.74) is 2.96. The van der Waals surface area contributed by atoms with Crippen molar-refractivity contribution in [2.24, 2.45) is 5.92 Å². The zero-order chi connectivity index (χ0) is 17.1. The maximum Gasteiger partial charge on any atom is 0.273 e. The molecule has 0 spiro atoms. The molecule has 3 rings (SSSR count). The van der Waals surface area contributed by atoms with Crippen molar-refractivity contribution in [3.8, 4) is 0 Å². The molecule has 1 aliphatic rings. The predicted molar refractivity (Wildman–Crippen MR) is 96.4 cm³/mol. The number of aromatic nitrogens is 1. The van der Waals surface area contributed by atoms with Gasteiger partial charge in [0.25, 0.3) is 5.91 Å². The van der Waals surface area contributed by atoms with Gasteiger partial charge in [0.2, 0.25) is 0 Å². The molecule has 2 unspecified atom stereocenters. The summed E-state index contributed by atoms with van der Waals surface area (Å²) in [5.74, 6) is 0.144. The van der Waals surface area contributed by atoms with E-state index in [2.05, 4.69) is 36.2 Å². The maximum absolute atomic E-state index is 12.5. The number of thiazole rings is 1. The van der Waals surface area contributed by atoms with E-state index in [9.17, 15) is 9.90 Å². The van der Waals surface area contributed by atoms with E-state index in [4.69, 9.17) is 0 Å². The Hall–Kier alpha value is -1.72. The van der Waals surface area contributed by atoms with Gasteiger partial charge in [-0.1, -0.05) is 36.2 Å². The molecule has 24 heavy (non-hydrogen) atoms. The van der Waals surface area contributed by atoms with Crippen molar-refractivity contribution in [3.63, 3.8) is 0 Å². The lowest BCUT2D eigenvalue weighted by molar-refractivity contribution is 0.0689. The number of hydrogen-bond donors (Lipinski definition) is 1. The number of rotatable bonds is 5. The van der Waals surface area contributed by atoms with Crippen LogP contribution in [0.5, 0.6) is 0 Å². The molecule has 128 valence electrons. The lowest BCUT2D eigenvalue weighted by Gasteiger charge is -2.22. The first-order valence-electron chi connectivity index (χ1n) is 8.46. The van der Waals surface area contributed by atoms with Gasteiger partial charge in [-0.15, -0.1) is 11.3 Å². The Bertz CT molecular complexity index is 696. The van der Waals surface area contributed by atoms with Crippen LogP contribution in [0.3, 0.4) is 0 Å². The van der Waals surface area contributed by atoms with Crippen molar-refractivity contribution >= 4 is 17.2 Å². The highest BCUT2D eigenvalue weighted by Crippen LogP contribution is 2.26. The van der Waals surface area contributed by atoms with Crippen LogP contribution in [-0.2, 0) is 6.42 Å². The summed E-state index contributed by atoms with van der Waals surface area (Å²) in [6.45, 7) is 2.67. The average Bonchev–Trinajstić information content (AvgIpc) is 3.19. The molecule has 0 bridgehead atoms. The molecule has 1 amide bonds. The molecule has 0 saturated heterocycles. The quantitative estimate of drug-likeness (QED) is 0.906. The van der Waals surface area contributed by atoms with Gasteiger partial charge in [-0.05, 0) is 25.3 Å². The molecule has 1 aliphatic carbocycles. The zero-order valence-electron chi connectivity index (χ0n) is 14.2. The van der Waals surface area contributed by atoms with Crippen LogP contribution in [0.15, 0.2) is 29.6 Å². The fourth-order valence-electron chi connectivity index (χ4n) is 3.23. The van der Waals surface area contributed by atoms with Gasteiger partial charge in [-0.3, -0.25) is 4.79 Å². The molecule has 1 saturated carbocycles. The molecule has 2 atom stereocenters. The van der Waals surface area contributed by atoms with E-state index < -0.39 is 0 Å². The highest BCUT2D eigenvalue weighted by molar-refractivity contribution is 7.09. The van der Waals surface area contributed by atoms with E-state index in [1.54, 1.807) is 11.9 Å². The van der Waals surface area contributed by atoms with Gasteiger partial charge in [0.1, 0.15) is 5.69 Å². The smallest absolute Gasteiger partial charge is 0.273 e. The van der Waals surface area contributed by atoms with Crippen LogP contribution in [0.2, 0.25) is 0 Å². The average molecular weight is 344 g/mol. The SMILES string of the molecule is Cc1ccc(Cc2nc(C(=O)N(C)CC3CCCC3O)cs2)cc1. The van der Waals surface area contributed by atoms with Gasteiger partial charge in [0.05, 0.1) is 11.1 Å². The first kappa shape index (κ1) is 17.1. The van der Waals surface area contributed by atoms with Gasteiger partial charge in [-0.2, -0.15) is 0 Å². The summed E-state index contributed by atoms with van der Waals surface area (Å²) in [7, 11) is 1.80. The van der Waals surface area contributed by atoms with Gasteiger partial charge >= 0.3 is 0 Å². The second kappa shape index (κ2) is 7.45. The number of carbonyl (C=O) groups excluding carboxylic acids is 1. The van der Waals surface area contributed by atoms with E-state index in [0.29, 0.717) is 12.2 Å². The third-order valence-corrected chi connectivity index (χ3v) is 5.57. The van der Waals surface area contributed by atoms with Crippen molar-refractivity contribution in [1.82, 2.24) is 9.88 Å². The van der Waals surface area contributed by atoms with E-state index in [1.165, 1.54) is 22.5 Å². The fourth-order valence-corrected chi connectivity index (χ4v) is 4.03. The first-order valence-corrected chi connectivity index (χ1v) is 9.34. The number of aryl methyl sites for hydroxylation is 1. The molecular weight excluding hydrogens is 320 g/mol. The first-order chi connectivity index (χ1) is 11.5. The van der Waals surface area contributed by atoms with Crippen molar-refractivity contribution in [2.45, 2.75) is 38.7 Å². The number of nitrogens with zero attached hydrogens (tertiary/aromatic N) is 2. The van der Waals surface area contributed by atoms with E-state index >= 15 is 0 Å². The standard InChI is InChI=1S/C19H24N2O2S/c1-13-6-8-14(9-7-13)10-18-20-16(12-24-18)19(23)21(2)11-15-4-3-5-17(15)22/h6-9,12,15,17,22H,3-5,10-11H2,1-2H3. The molecule has 0 radical (unpaired) electrons. The molecule has 1 aromatic heterocycles. The summed E-state index contributed by atoms with van der Waals surface area (Å²) in [6, 6.07) is 8.39. The molecule has 1 fully saturated rings. The molecule has 1 heterocycles. The number of hydrogen-bond acceptors (Lipinski definition) is 4. The van der Waals surface area contributed by atoms with Crippen LogP contribution in [-0.4, -0.2) is 40.6 Å². The molecule has 1 aromatic carbocycles. The number of benzene rings is 1. The topological polar surface area (TPSA) is 53.4 Å². The maximum atomic E-state index is 12.5. The number of aliphatic hydroxyl groups excluding tert-OH is 1. The Kier molecular flexibility index (Phi) is 5.31. The van der Waals surface area contributed by atoms with E-state index in [0.717, 1.165) is 30.7 Å². The van der Waals surface area contributed by atoms with Gasteiger partial charge < -0.3 is 10.0 Å². The minimum Gasteiger partial charge on any atom is -0.393 e. The number of amides is 1. The lowest BCUT2D eigenvalue weighted by Crippen LogP contribution is -2.34. The highest BCUT2D eigenvalue weighted by atomic mass is 32.1. The Balaban J connectivity index is 1.61. The second-order valence-electron chi connectivity index (χ2n) is 6.73. The Morgan fingerprint density at radius 3 is 2.75 bits per heavy atom. The van der Waals surface area contributed by atoms with Crippen molar-refractivity contribution in [1.29, 1.82) is 0 Å². The van der Waals surface area contributed by atoms with Crippen LogP contribution in [0.25, 0.3) is 0 Å². The van der Waals surface area contributed by atoms with Crippen LogP contribution in [0.1, 0.15) is 45.9 Å². The third-order valence-electron chi connectivity index (χ3n) is 4.72. The predicted octanol–water partition coefficient (Wildman–Crippen LogP) is 3.28. The summed E-state index contributed by atoms with van der Waals surface area (Å²) in [5, 5.41) is 12.7. The van der Waals surface area contributed by atoms with E-state index in [-0.39, 0.29) is 17.9 Å². The highest BCUT2D eigenvalue weighted by Gasteiger charge is 2.28. The lowest BCUT2D eigenvalue weighted by atomic mass is 10.1. The summed E-state index contributed by atoms with van der Waals surface area (Å²) >= 11 is 1.53. The number of aliphatic hydroxyl groups is 1. The summed E-state index contributed by atoms with van der Waals surface area (Å²) in [4.78, 5) is 18.7. The molecule has 5 heteroatoms. The Labute approximate surface area is 147 Å². The van der Waals surface area contributed by atoms with Crippen LogP contribution >= 0.6 is 11.3 Å². The Morgan fingerprint density at radius 2 is 2.08 bits per heavy atom. The third kappa shape index (κ3) is 4.02. The van der Waals surface area contributed by atoms with Gasteiger partial charge in [-0.25, -0.2) is 4.98 Å². The van der Waals surface area contributed by atoms with E-state index in [1.807, 2.05) is 5.38 Å². The minimum atomic E-state index is -0.271. The second-order valence-corrected chi connectivity index (χ2v) is 7.68.